The highest BCUT2D eigenvalue weighted by Crippen LogP contribution is 2.33. The molecule has 0 spiro atoms. The average Bonchev–Trinajstić information content (AvgIpc) is 3.52. The normalized spacial score (nSPS) is 11.0. The summed E-state index contributed by atoms with van der Waals surface area (Å²) in [6, 6.07) is 19.5. The number of amides is 1. The van der Waals surface area contributed by atoms with Crippen molar-refractivity contribution >= 4 is 23.3 Å². The molecule has 0 saturated carbocycles. The standard InChI is InChI=1S/C26H25N3O3S/c1-28(18-22-10-7-15-33-22)25(30)14-12-20-17-29(21-8-5-4-6-9-21)27-26(20)19-11-13-23(31-2)24(16-19)32-3/h4-17H,18H2,1-3H3/b14-12+. The van der Waals surface area contributed by atoms with Crippen LogP contribution >= 0.6 is 11.3 Å². The van der Waals surface area contributed by atoms with Crippen LogP contribution in [0.15, 0.2) is 78.3 Å². The second kappa shape index (κ2) is 10.2. The Morgan fingerprint density at radius 1 is 1.06 bits per heavy atom. The SMILES string of the molecule is COc1ccc(-c2nn(-c3ccccc3)cc2/C=C/C(=O)N(C)Cc2cccs2)cc1OC. The fourth-order valence-electron chi connectivity index (χ4n) is 3.43. The number of benzene rings is 2. The van der Waals surface area contributed by atoms with Crippen molar-refractivity contribution in [2.45, 2.75) is 6.54 Å². The number of aromatic nitrogens is 2. The summed E-state index contributed by atoms with van der Waals surface area (Å²) < 4.78 is 12.6. The van der Waals surface area contributed by atoms with Gasteiger partial charge >= 0.3 is 0 Å². The van der Waals surface area contributed by atoms with Gasteiger partial charge in [0.1, 0.15) is 5.69 Å². The number of hydrogen-bond donors (Lipinski definition) is 0. The van der Waals surface area contributed by atoms with Gasteiger partial charge in [0.05, 0.1) is 26.5 Å². The van der Waals surface area contributed by atoms with Crippen LogP contribution in [0.3, 0.4) is 0 Å². The van der Waals surface area contributed by atoms with Crippen molar-refractivity contribution in [3.8, 4) is 28.4 Å². The van der Waals surface area contributed by atoms with Gasteiger partial charge in [0, 0.05) is 35.3 Å². The molecular weight excluding hydrogens is 434 g/mol. The Bertz CT molecular complexity index is 1250. The maximum absolute atomic E-state index is 12.7. The van der Waals surface area contributed by atoms with Crippen LogP contribution in [0.25, 0.3) is 23.0 Å². The monoisotopic (exact) mass is 459 g/mol. The Morgan fingerprint density at radius 2 is 1.85 bits per heavy atom. The lowest BCUT2D eigenvalue weighted by Gasteiger charge is -2.13. The van der Waals surface area contributed by atoms with Gasteiger partial charge in [-0.25, -0.2) is 4.68 Å². The van der Waals surface area contributed by atoms with Crippen LogP contribution in [0, 0.1) is 0 Å². The summed E-state index contributed by atoms with van der Waals surface area (Å²) >= 11 is 1.64. The summed E-state index contributed by atoms with van der Waals surface area (Å²) in [6.07, 6.45) is 5.32. The number of methoxy groups -OCH3 is 2. The van der Waals surface area contributed by atoms with Crippen LogP contribution in [0.5, 0.6) is 11.5 Å². The van der Waals surface area contributed by atoms with Gasteiger partial charge in [-0.3, -0.25) is 4.79 Å². The molecule has 168 valence electrons. The van der Waals surface area contributed by atoms with Gasteiger partial charge in [0.15, 0.2) is 11.5 Å². The first-order chi connectivity index (χ1) is 16.1. The van der Waals surface area contributed by atoms with Crippen LogP contribution in [-0.2, 0) is 11.3 Å². The zero-order valence-electron chi connectivity index (χ0n) is 18.8. The minimum absolute atomic E-state index is 0.0749. The number of ether oxygens (including phenoxy) is 2. The quantitative estimate of drug-likeness (QED) is 0.336. The van der Waals surface area contributed by atoms with Crippen molar-refractivity contribution in [3.63, 3.8) is 0 Å². The molecule has 0 aliphatic carbocycles. The molecule has 7 heteroatoms. The zero-order valence-corrected chi connectivity index (χ0v) is 19.6. The predicted molar refractivity (Wildman–Crippen MR) is 132 cm³/mol. The smallest absolute Gasteiger partial charge is 0.246 e. The van der Waals surface area contributed by atoms with E-state index in [1.807, 2.05) is 83.0 Å². The second-order valence-corrected chi connectivity index (χ2v) is 8.42. The topological polar surface area (TPSA) is 56.6 Å². The Labute approximate surface area is 197 Å². The molecule has 2 heterocycles. The third-order valence-electron chi connectivity index (χ3n) is 5.18. The van der Waals surface area contributed by atoms with E-state index in [4.69, 9.17) is 14.6 Å². The van der Waals surface area contributed by atoms with Crippen LogP contribution in [0.4, 0.5) is 0 Å². The lowest BCUT2D eigenvalue weighted by atomic mass is 10.1. The van der Waals surface area contributed by atoms with Gasteiger partial charge in [-0.15, -0.1) is 11.3 Å². The molecule has 0 aliphatic heterocycles. The van der Waals surface area contributed by atoms with Gasteiger partial charge in [0.25, 0.3) is 0 Å². The minimum Gasteiger partial charge on any atom is -0.493 e. The van der Waals surface area contributed by atoms with Gasteiger partial charge in [-0.1, -0.05) is 24.3 Å². The first-order valence-electron chi connectivity index (χ1n) is 10.4. The number of carbonyl (C=O) groups is 1. The molecule has 0 atom stereocenters. The van der Waals surface area contributed by atoms with Gasteiger partial charge in [-0.05, 0) is 47.9 Å². The molecule has 0 bridgehead atoms. The van der Waals surface area contributed by atoms with E-state index in [2.05, 4.69) is 0 Å². The zero-order chi connectivity index (χ0) is 23.2. The van der Waals surface area contributed by atoms with Crippen LogP contribution < -0.4 is 9.47 Å². The van der Waals surface area contributed by atoms with E-state index in [1.54, 1.807) is 43.6 Å². The van der Waals surface area contributed by atoms with E-state index in [0.717, 1.165) is 27.4 Å². The largest absolute Gasteiger partial charge is 0.493 e. The second-order valence-electron chi connectivity index (χ2n) is 7.39. The van der Waals surface area contributed by atoms with Crippen molar-refractivity contribution < 1.29 is 14.3 Å². The fraction of sp³-hybridized carbons (Fsp3) is 0.154. The predicted octanol–water partition coefficient (Wildman–Crippen LogP) is 5.29. The third kappa shape index (κ3) is 5.15. The lowest BCUT2D eigenvalue weighted by molar-refractivity contribution is -0.125. The number of para-hydroxylation sites is 1. The number of likely N-dealkylation sites (N-methyl/N-ethyl adjacent to an activating group) is 1. The summed E-state index contributed by atoms with van der Waals surface area (Å²) in [5, 5.41) is 6.82. The van der Waals surface area contributed by atoms with E-state index in [1.165, 1.54) is 0 Å². The highest BCUT2D eigenvalue weighted by Gasteiger charge is 2.14. The molecule has 4 aromatic rings. The number of rotatable bonds is 8. The van der Waals surface area contributed by atoms with E-state index < -0.39 is 0 Å². The molecule has 6 nitrogen and oxygen atoms in total. The molecule has 0 fully saturated rings. The van der Waals surface area contributed by atoms with E-state index >= 15 is 0 Å². The summed E-state index contributed by atoms with van der Waals surface area (Å²) in [6.45, 7) is 0.576. The molecule has 0 aliphatic rings. The van der Waals surface area contributed by atoms with Crippen molar-refractivity contribution in [3.05, 3.63) is 88.8 Å². The number of hydrogen-bond acceptors (Lipinski definition) is 5. The fourth-order valence-corrected chi connectivity index (χ4v) is 4.19. The van der Waals surface area contributed by atoms with Gasteiger partial charge in [-0.2, -0.15) is 5.10 Å². The highest BCUT2D eigenvalue weighted by atomic mass is 32.1. The Morgan fingerprint density at radius 3 is 2.55 bits per heavy atom. The molecular formula is C26H25N3O3S. The first kappa shape index (κ1) is 22.4. The Balaban J connectivity index is 1.68. The maximum atomic E-state index is 12.7. The van der Waals surface area contributed by atoms with Crippen molar-refractivity contribution in [1.82, 2.24) is 14.7 Å². The van der Waals surface area contributed by atoms with E-state index in [9.17, 15) is 4.79 Å². The van der Waals surface area contributed by atoms with Crippen molar-refractivity contribution in [2.24, 2.45) is 0 Å². The van der Waals surface area contributed by atoms with Gasteiger partial charge < -0.3 is 14.4 Å². The average molecular weight is 460 g/mol. The highest BCUT2D eigenvalue weighted by molar-refractivity contribution is 7.09. The molecule has 4 rings (SSSR count). The summed E-state index contributed by atoms with van der Waals surface area (Å²) in [7, 11) is 5.01. The molecule has 1 amide bonds. The third-order valence-corrected chi connectivity index (χ3v) is 6.04. The molecule has 2 aromatic carbocycles. The Hall–Kier alpha value is -3.84. The molecule has 2 aromatic heterocycles. The van der Waals surface area contributed by atoms with Gasteiger partial charge in [0.2, 0.25) is 5.91 Å². The molecule has 0 radical (unpaired) electrons. The Kier molecular flexibility index (Phi) is 6.90. The molecule has 0 unspecified atom stereocenters. The van der Waals surface area contributed by atoms with E-state index in [-0.39, 0.29) is 5.91 Å². The molecule has 33 heavy (non-hydrogen) atoms. The van der Waals surface area contributed by atoms with Crippen molar-refractivity contribution in [2.75, 3.05) is 21.3 Å². The number of nitrogens with zero attached hydrogens (tertiary/aromatic N) is 3. The first-order valence-corrected chi connectivity index (χ1v) is 11.3. The van der Waals surface area contributed by atoms with Crippen LogP contribution in [0.2, 0.25) is 0 Å². The molecule has 0 saturated heterocycles. The summed E-state index contributed by atoms with van der Waals surface area (Å²) in [5.74, 6) is 1.19. The summed E-state index contributed by atoms with van der Waals surface area (Å²) in [4.78, 5) is 15.6. The summed E-state index contributed by atoms with van der Waals surface area (Å²) in [5.41, 5.74) is 3.36. The lowest BCUT2D eigenvalue weighted by Crippen LogP contribution is -2.23. The maximum Gasteiger partial charge on any atom is 0.246 e. The number of carbonyl (C=O) groups excluding carboxylic acids is 1. The van der Waals surface area contributed by atoms with Crippen molar-refractivity contribution in [1.29, 1.82) is 0 Å². The van der Waals surface area contributed by atoms with Crippen LogP contribution in [-0.4, -0.2) is 41.9 Å². The number of thiophene rings is 1. The minimum atomic E-state index is -0.0749. The van der Waals surface area contributed by atoms with Crippen LogP contribution in [0.1, 0.15) is 10.4 Å². The molecule has 0 N–H and O–H groups in total. The van der Waals surface area contributed by atoms with E-state index in [0.29, 0.717) is 18.0 Å².